The van der Waals surface area contributed by atoms with Gasteiger partial charge in [0.15, 0.2) is 5.65 Å². The lowest BCUT2D eigenvalue weighted by molar-refractivity contribution is -0.125. The topological polar surface area (TPSA) is 86.8 Å². The van der Waals surface area contributed by atoms with E-state index in [1.807, 2.05) is 0 Å². The Morgan fingerprint density at radius 1 is 1.42 bits per heavy atom. The number of H-pyrrole nitrogens is 1. The van der Waals surface area contributed by atoms with Crippen molar-refractivity contribution in [3.05, 3.63) is 12.5 Å². The van der Waals surface area contributed by atoms with Crippen molar-refractivity contribution in [3.8, 4) is 0 Å². The Morgan fingerprint density at radius 2 is 2.21 bits per heavy atom. The summed E-state index contributed by atoms with van der Waals surface area (Å²) in [6.45, 7) is 1.66. The van der Waals surface area contributed by atoms with E-state index < -0.39 is 0 Å². The minimum Gasteiger partial charge on any atom is -0.359 e. The zero-order chi connectivity index (χ0) is 13.2. The Balaban J connectivity index is 1.78. The van der Waals surface area contributed by atoms with E-state index in [1.54, 1.807) is 19.6 Å². The molecule has 0 atom stereocenters. The third kappa shape index (κ3) is 2.11. The summed E-state index contributed by atoms with van der Waals surface area (Å²) in [6.07, 6.45) is 4.99. The second kappa shape index (κ2) is 4.83. The van der Waals surface area contributed by atoms with Crippen molar-refractivity contribution in [3.63, 3.8) is 0 Å². The monoisotopic (exact) mass is 260 g/mol. The number of anilines is 1. The summed E-state index contributed by atoms with van der Waals surface area (Å²) in [7, 11) is 1.69. The van der Waals surface area contributed by atoms with Crippen molar-refractivity contribution < 1.29 is 4.79 Å². The molecule has 2 aromatic heterocycles. The predicted octanol–water partition coefficient (Wildman–Crippen LogP) is 0.315. The van der Waals surface area contributed by atoms with Crippen molar-refractivity contribution in [2.45, 2.75) is 12.8 Å². The molecule has 0 aliphatic carbocycles. The normalized spacial score (nSPS) is 16.8. The van der Waals surface area contributed by atoms with E-state index >= 15 is 0 Å². The van der Waals surface area contributed by atoms with Crippen molar-refractivity contribution in [2.75, 3.05) is 25.0 Å². The molecule has 1 saturated heterocycles. The van der Waals surface area contributed by atoms with E-state index in [0.717, 1.165) is 42.8 Å². The van der Waals surface area contributed by atoms with E-state index in [1.165, 1.54) is 0 Å². The second-order valence-corrected chi connectivity index (χ2v) is 4.71. The van der Waals surface area contributed by atoms with Crippen LogP contribution < -0.4 is 10.2 Å². The lowest BCUT2D eigenvalue weighted by Crippen LogP contribution is -2.40. The molecule has 0 unspecified atom stereocenters. The maximum atomic E-state index is 11.6. The number of aromatic nitrogens is 4. The molecule has 1 aliphatic heterocycles. The number of amides is 1. The van der Waals surface area contributed by atoms with Gasteiger partial charge in [-0.05, 0) is 12.8 Å². The fourth-order valence-corrected chi connectivity index (χ4v) is 2.56. The molecular weight excluding hydrogens is 244 g/mol. The third-order valence-corrected chi connectivity index (χ3v) is 3.64. The molecule has 19 heavy (non-hydrogen) atoms. The van der Waals surface area contributed by atoms with Crippen LogP contribution >= 0.6 is 0 Å². The first-order valence-electron chi connectivity index (χ1n) is 6.40. The van der Waals surface area contributed by atoms with Crippen LogP contribution in [-0.4, -0.2) is 46.2 Å². The second-order valence-electron chi connectivity index (χ2n) is 4.71. The van der Waals surface area contributed by atoms with E-state index in [0.29, 0.717) is 0 Å². The number of rotatable bonds is 2. The van der Waals surface area contributed by atoms with Gasteiger partial charge in [0.1, 0.15) is 12.1 Å². The molecule has 1 fully saturated rings. The maximum absolute atomic E-state index is 11.6. The first-order valence-corrected chi connectivity index (χ1v) is 6.40. The highest BCUT2D eigenvalue weighted by Crippen LogP contribution is 2.26. The van der Waals surface area contributed by atoms with Crippen LogP contribution in [0.3, 0.4) is 0 Å². The van der Waals surface area contributed by atoms with Gasteiger partial charge in [-0.15, -0.1) is 0 Å². The fraction of sp³-hybridized carbons (Fsp3) is 0.500. The molecule has 1 aliphatic rings. The van der Waals surface area contributed by atoms with Crippen LogP contribution in [0.15, 0.2) is 12.5 Å². The molecule has 0 saturated carbocycles. The van der Waals surface area contributed by atoms with E-state index in [4.69, 9.17) is 0 Å². The average Bonchev–Trinajstić information content (AvgIpc) is 2.95. The number of piperidine rings is 1. The van der Waals surface area contributed by atoms with Crippen LogP contribution in [0.4, 0.5) is 5.82 Å². The molecule has 2 aromatic rings. The van der Waals surface area contributed by atoms with Gasteiger partial charge in [-0.1, -0.05) is 0 Å². The number of carbonyl (C=O) groups excluding carboxylic acids is 1. The molecule has 3 rings (SSSR count). The van der Waals surface area contributed by atoms with E-state index in [-0.39, 0.29) is 11.8 Å². The molecule has 2 N–H and O–H groups in total. The van der Waals surface area contributed by atoms with Crippen LogP contribution in [-0.2, 0) is 4.79 Å². The Morgan fingerprint density at radius 3 is 2.95 bits per heavy atom. The molecule has 0 aromatic carbocycles. The lowest BCUT2D eigenvalue weighted by atomic mass is 9.96. The number of carbonyl (C=O) groups is 1. The van der Waals surface area contributed by atoms with Gasteiger partial charge in [0.05, 0.1) is 11.6 Å². The summed E-state index contributed by atoms with van der Waals surface area (Å²) < 4.78 is 0. The number of nitrogens with one attached hydrogen (secondary N) is 2. The molecular formula is C12H16N6O. The minimum absolute atomic E-state index is 0.114. The zero-order valence-corrected chi connectivity index (χ0v) is 10.8. The Hall–Kier alpha value is -2.18. The predicted molar refractivity (Wildman–Crippen MR) is 70.7 cm³/mol. The highest BCUT2D eigenvalue weighted by molar-refractivity contribution is 5.86. The van der Waals surface area contributed by atoms with Crippen LogP contribution in [0.2, 0.25) is 0 Å². The first kappa shape index (κ1) is 11.9. The SMILES string of the molecule is CNC(=O)C1CCN(c2ncnc3[nH]ncc23)CC1. The minimum atomic E-state index is 0.114. The van der Waals surface area contributed by atoms with Gasteiger partial charge in [-0.3, -0.25) is 9.89 Å². The van der Waals surface area contributed by atoms with Crippen LogP contribution in [0.1, 0.15) is 12.8 Å². The zero-order valence-electron chi connectivity index (χ0n) is 10.8. The summed E-state index contributed by atoms with van der Waals surface area (Å²) in [5, 5.41) is 10.5. The van der Waals surface area contributed by atoms with Crippen molar-refractivity contribution in [1.29, 1.82) is 0 Å². The molecule has 7 nitrogen and oxygen atoms in total. The Labute approximate surface area is 110 Å². The standard InChI is InChI=1S/C12H16N6O/c1-13-12(19)8-2-4-18(5-3-8)11-9-6-16-17-10(9)14-7-15-11/h6-8H,2-5H2,1H3,(H,13,19)(H,14,15,16,17). The molecule has 1 amide bonds. The summed E-state index contributed by atoms with van der Waals surface area (Å²) in [5.41, 5.74) is 0.749. The summed E-state index contributed by atoms with van der Waals surface area (Å²) in [4.78, 5) is 22.3. The molecule has 0 bridgehead atoms. The van der Waals surface area contributed by atoms with Gasteiger partial charge in [-0.25, -0.2) is 9.97 Å². The van der Waals surface area contributed by atoms with Gasteiger partial charge >= 0.3 is 0 Å². The largest absolute Gasteiger partial charge is 0.359 e. The molecule has 100 valence electrons. The Kier molecular flexibility index (Phi) is 3.02. The number of aromatic amines is 1. The van der Waals surface area contributed by atoms with Crippen molar-refractivity contribution in [2.24, 2.45) is 5.92 Å². The summed E-state index contributed by atoms with van der Waals surface area (Å²) in [6, 6.07) is 0. The molecule has 0 spiro atoms. The molecule has 0 radical (unpaired) electrons. The van der Waals surface area contributed by atoms with Crippen molar-refractivity contribution >= 4 is 22.8 Å². The number of hydrogen-bond donors (Lipinski definition) is 2. The lowest BCUT2D eigenvalue weighted by Gasteiger charge is -2.32. The smallest absolute Gasteiger partial charge is 0.222 e. The fourth-order valence-electron chi connectivity index (χ4n) is 2.56. The van der Waals surface area contributed by atoms with Gasteiger partial charge in [0, 0.05) is 26.1 Å². The number of hydrogen-bond acceptors (Lipinski definition) is 5. The van der Waals surface area contributed by atoms with Gasteiger partial charge in [0.25, 0.3) is 0 Å². The van der Waals surface area contributed by atoms with Gasteiger partial charge in [-0.2, -0.15) is 5.10 Å². The van der Waals surface area contributed by atoms with Crippen LogP contribution in [0, 0.1) is 5.92 Å². The maximum Gasteiger partial charge on any atom is 0.222 e. The average molecular weight is 260 g/mol. The van der Waals surface area contributed by atoms with E-state index in [9.17, 15) is 4.79 Å². The number of fused-ring (bicyclic) bond motifs is 1. The summed E-state index contributed by atoms with van der Waals surface area (Å²) >= 11 is 0. The highest BCUT2D eigenvalue weighted by atomic mass is 16.1. The Bertz CT molecular complexity index is 587. The van der Waals surface area contributed by atoms with Crippen LogP contribution in [0.5, 0.6) is 0 Å². The summed E-state index contributed by atoms with van der Waals surface area (Å²) in [5.74, 6) is 1.15. The highest BCUT2D eigenvalue weighted by Gasteiger charge is 2.25. The molecule has 3 heterocycles. The number of nitrogens with zero attached hydrogens (tertiary/aromatic N) is 4. The van der Waals surface area contributed by atoms with Crippen LogP contribution in [0.25, 0.3) is 11.0 Å². The quantitative estimate of drug-likeness (QED) is 0.811. The van der Waals surface area contributed by atoms with E-state index in [2.05, 4.69) is 30.4 Å². The first-order chi connectivity index (χ1) is 9.29. The van der Waals surface area contributed by atoms with Gasteiger partial charge in [0.2, 0.25) is 5.91 Å². The van der Waals surface area contributed by atoms with Crippen molar-refractivity contribution in [1.82, 2.24) is 25.5 Å². The third-order valence-electron chi connectivity index (χ3n) is 3.64. The molecule has 7 heteroatoms. The van der Waals surface area contributed by atoms with Gasteiger partial charge < -0.3 is 10.2 Å².